The van der Waals surface area contributed by atoms with Crippen molar-refractivity contribution in [2.24, 2.45) is 5.92 Å². The highest BCUT2D eigenvalue weighted by molar-refractivity contribution is 5.91. The van der Waals surface area contributed by atoms with E-state index in [2.05, 4.69) is 20.8 Å². The SMILES string of the molecule is CCCCCC=COc1ccc(OC(=O)c2ccc(OCCCC(C)CC)cc2)cc1. The van der Waals surface area contributed by atoms with Gasteiger partial charge in [-0.05, 0) is 86.2 Å². The van der Waals surface area contributed by atoms with E-state index in [4.69, 9.17) is 14.2 Å². The van der Waals surface area contributed by atoms with Gasteiger partial charge in [0.2, 0.25) is 0 Å². The van der Waals surface area contributed by atoms with Crippen LogP contribution in [0.25, 0.3) is 0 Å². The molecular formula is C27H36O4. The van der Waals surface area contributed by atoms with Crippen molar-refractivity contribution < 1.29 is 19.0 Å². The summed E-state index contributed by atoms with van der Waals surface area (Å²) in [5, 5.41) is 0. The lowest BCUT2D eigenvalue weighted by molar-refractivity contribution is 0.0734. The summed E-state index contributed by atoms with van der Waals surface area (Å²) in [5.41, 5.74) is 0.488. The number of unbranched alkanes of at least 4 members (excludes halogenated alkanes) is 3. The number of allylic oxidation sites excluding steroid dienone is 1. The number of rotatable bonds is 14. The molecule has 31 heavy (non-hydrogen) atoms. The largest absolute Gasteiger partial charge is 0.494 e. The molecule has 0 radical (unpaired) electrons. The van der Waals surface area contributed by atoms with Crippen LogP contribution < -0.4 is 14.2 Å². The van der Waals surface area contributed by atoms with Crippen LogP contribution in [0, 0.1) is 5.92 Å². The minimum absolute atomic E-state index is 0.396. The summed E-state index contributed by atoms with van der Waals surface area (Å²) < 4.78 is 16.8. The van der Waals surface area contributed by atoms with Gasteiger partial charge in [-0.3, -0.25) is 0 Å². The maximum Gasteiger partial charge on any atom is 0.343 e. The van der Waals surface area contributed by atoms with Crippen LogP contribution in [0.2, 0.25) is 0 Å². The van der Waals surface area contributed by atoms with Crippen LogP contribution in [0.15, 0.2) is 60.9 Å². The molecule has 2 aromatic rings. The van der Waals surface area contributed by atoms with E-state index in [1.807, 2.05) is 18.2 Å². The van der Waals surface area contributed by atoms with Gasteiger partial charge in [0, 0.05) is 0 Å². The molecule has 0 saturated heterocycles. The van der Waals surface area contributed by atoms with Crippen molar-refractivity contribution in [1.29, 1.82) is 0 Å². The number of ether oxygens (including phenoxy) is 3. The minimum Gasteiger partial charge on any atom is -0.494 e. The smallest absolute Gasteiger partial charge is 0.343 e. The predicted octanol–water partition coefficient (Wildman–Crippen LogP) is 7.58. The fraction of sp³-hybridized carbons (Fsp3) is 0.444. The molecule has 2 aromatic carbocycles. The van der Waals surface area contributed by atoms with Gasteiger partial charge in [-0.1, -0.05) is 40.0 Å². The van der Waals surface area contributed by atoms with E-state index < -0.39 is 5.97 Å². The molecule has 4 nitrogen and oxygen atoms in total. The number of benzene rings is 2. The van der Waals surface area contributed by atoms with Crippen molar-refractivity contribution in [3.8, 4) is 17.2 Å². The Bertz CT molecular complexity index is 778. The van der Waals surface area contributed by atoms with Crippen LogP contribution >= 0.6 is 0 Å². The molecule has 0 aliphatic carbocycles. The Balaban J connectivity index is 1.75. The number of carbonyl (C=O) groups excluding carboxylic acids is 1. The Hall–Kier alpha value is -2.75. The van der Waals surface area contributed by atoms with Crippen molar-refractivity contribution in [3.05, 3.63) is 66.4 Å². The second-order valence-corrected chi connectivity index (χ2v) is 7.87. The first-order valence-electron chi connectivity index (χ1n) is 11.5. The molecule has 0 aliphatic heterocycles. The molecule has 2 rings (SSSR count). The summed E-state index contributed by atoms with van der Waals surface area (Å²) in [4.78, 5) is 12.4. The molecule has 0 spiro atoms. The summed E-state index contributed by atoms with van der Waals surface area (Å²) in [7, 11) is 0. The van der Waals surface area contributed by atoms with Gasteiger partial charge >= 0.3 is 5.97 Å². The highest BCUT2D eigenvalue weighted by atomic mass is 16.5. The molecule has 168 valence electrons. The molecule has 0 heterocycles. The third-order valence-electron chi connectivity index (χ3n) is 5.21. The molecule has 4 heteroatoms. The van der Waals surface area contributed by atoms with Crippen molar-refractivity contribution >= 4 is 5.97 Å². The minimum atomic E-state index is -0.396. The van der Waals surface area contributed by atoms with E-state index in [-0.39, 0.29) is 0 Å². The fourth-order valence-electron chi connectivity index (χ4n) is 2.97. The summed E-state index contributed by atoms with van der Waals surface area (Å²) >= 11 is 0. The first-order chi connectivity index (χ1) is 15.1. The molecule has 0 aliphatic rings. The normalized spacial score (nSPS) is 12.0. The second-order valence-electron chi connectivity index (χ2n) is 7.87. The third-order valence-corrected chi connectivity index (χ3v) is 5.21. The summed E-state index contributed by atoms with van der Waals surface area (Å²) in [6.07, 6.45) is 11.8. The number of esters is 1. The summed E-state index contributed by atoms with van der Waals surface area (Å²) in [6.45, 7) is 7.35. The van der Waals surface area contributed by atoms with E-state index in [0.29, 0.717) is 23.7 Å². The molecule has 1 unspecified atom stereocenters. The third kappa shape index (κ3) is 9.73. The Kier molecular flexibility index (Phi) is 11.3. The molecule has 0 fully saturated rings. The number of hydrogen-bond donors (Lipinski definition) is 0. The average molecular weight is 425 g/mol. The first-order valence-corrected chi connectivity index (χ1v) is 11.5. The average Bonchev–Trinajstić information content (AvgIpc) is 2.80. The van der Waals surface area contributed by atoms with Crippen LogP contribution in [0.1, 0.15) is 76.1 Å². The Morgan fingerprint density at radius 1 is 0.903 bits per heavy atom. The van der Waals surface area contributed by atoms with Gasteiger partial charge < -0.3 is 14.2 Å². The Morgan fingerprint density at radius 2 is 1.58 bits per heavy atom. The quantitative estimate of drug-likeness (QED) is 0.136. The highest BCUT2D eigenvalue weighted by Crippen LogP contribution is 2.20. The Morgan fingerprint density at radius 3 is 2.26 bits per heavy atom. The van der Waals surface area contributed by atoms with Crippen LogP contribution in [0.4, 0.5) is 0 Å². The maximum absolute atomic E-state index is 12.4. The van der Waals surface area contributed by atoms with Gasteiger partial charge in [-0.2, -0.15) is 0 Å². The monoisotopic (exact) mass is 424 g/mol. The second kappa shape index (κ2) is 14.3. The van der Waals surface area contributed by atoms with Crippen LogP contribution in [-0.4, -0.2) is 12.6 Å². The lowest BCUT2D eigenvalue weighted by atomic mass is 10.0. The molecule has 0 saturated carbocycles. The Labute approximate surface area is 187 Å². The van der Waals surface area contributed by atoms with E-state index in [1.165, 1.54) is 32.1 Å². The zero-order valence-corrected chi connectivity index (χ0v) is 19.1. The highest BCUT2D eigenvalue weighted by Gasteiger charge is 2.09. The van der Waals surface area contributed by atoms with Gasteiger partial charge in [0.05, 0.1) is 18.4 Å². The van der Waals surface area contributed by atoms with Gasteiger partial charge in [-0.25, -0.2) is 4.79 Å². The standard InChI is InChI=1S/C27H36O4/c1-4-6-7-8-9-20-29-25-16-18-26(19-17-25)31-27(28)23-12-14-24(15-13-23)30-21-10-11-22(3)5-2/h9,12-20,22H,4-8,10-11,21H2,1-3H3. The molecule has 0 bridgehead atoms. The van der Waals surface area contributed by atoms with Gasteiger partial charge in [0.15, 0.2) is 0 Å². The number of carbonyl (C=O) groups is 1. The van der Waals surface area contributed by atoms with E-state index >= 15 is 0 Å². The van der Waals surface area contributed by atoms with Crippen molar-refractivity contribution in [1.82, 2.24) is 0 Å². The van der Waals surface area contributed by atoms with Crippen LogP contribution in [-0.2, 0) is 0 Å². The zero-order chi connectivity index (χ0) is 22.3. The maximum atomic E-state index is 12.4. The van der Waals surface area contributed by atoms with E-state index in [1.54, 1.807) is 42.7 Å². The van der Waals surface area contributed by atoms with Gasteiger partial charge in [0.25, 0.3) is 0 Å². The molecule has 0 amide bonds. The van der Waals surface area contributed by atoms with Gasteiger partial charge in [-0.15, -0.1) is 0 Å². The lowest BCUT2D eigenvalue weighted by Crippen LogP contribution is -2.08. The molecule has 1 atom stereocenters. The van der Waals surface area contributed by atoms with Gasteiger partial charge in [0.1, 0.15) is 17.2 Å². The molecular weight excluding hydrogens is 388 g/mol. The fourth-order valence-corrected chi connectivity index (χ4v) is 2.97. The molecule has 0 N–H and O–H groups in total. The number of hydrogen-bond acceptors (Lipinski definition) is 4. The topological polar surface area (TPSA) is 44.8 Å². The van der Waals surface area contributed by atoms with Crippen molar-refractivity contribution in [2.75, 3.05) is 6.61 Å². The van der Waals surface area contributed by atoms with Crippen molar-refractivity contribution in [2.45, 2.75) is 65.7 Å². The lowest BCUT2D eigenvalue weighted by Gasteiger charge is -2.10. The summed E-state index contributed by atoms with van der Waals surface area (Å²) in [5.74, 6) is 2.29. The molecule has 0 aromatic heterocycles. The summed E-state index contributed by atoms with van der Waals surface area (Å²) in [6, 6.07) is 14.1. The van der Waals surface area contributed by atoms with E-state index in [0.717, 1.165) is 24.5 Å². The predicted molar refractivity (Wildman–Crippen MR) is 126 cm³/mol. The van der Waals surface area contributed by atoms with Crippen molar-refractivity contribution in [3.63, 3.8) is 0 Å². The van der Waals surface area contributed by atoms with E-state index in [9.17, 15) is 4.79 Å². The first kappa shape index (κ1) is 24.5. The van der Waals surface area contributed by atoms with Crippen LogP contribution in [0.5, 0.6) is 17.2 Å². The zero-order valence-electron chi connectivity index (χ0n) is 19.1. The van der Waals surface area contributed by atoms with Crippen LogP contribution in [0.3, 0.4) is 0 Å².